The Hall–Kier alpha value is -1.40. The first-order valence-electron chi connectivity index (χ1n) is 7.26. The second-order valence-electron chi connectivity index (χ2n) is 5.54. The van der Waals surface area contributed by atoms with Gasteiger partial charge in [0.2, 0.25) is 5.91 Å². The number of aromatic nitrogens is 2. The molecule has 0 aromatic carbocycles. The van der Waals surface area contributed by atoms with Crippen LogP contribution in [-0.4, -0.2) is 58.2 Å². The molecule has 20 heavy (non-hydrogen) atoms. The van der Waals surface area contributed by atoms with Crippen LogP contribution in [0.4, 0.5) is 0 Å². The van der Waals surface area contributed by atoms with Crippen LogP contribution < -0.4 is 5.73 Å². The van der Waals surface area contributed by atoms with Crippen molar-refractivity contribution in [1.82, 2.24) is 19.6 Å². The van der Waals surface area contributed by atoms with Crippen LogP contribution in [-0.2, 0) is 11.8 Å². The number of rotatable bonds is 4. The molecular formula is C14H25N5O. The van der Waals surface area contributed by atoms with E-state index in [1.54, 1.807) is 17.1 Å². The second-order valence-corrected chi connectivity index (χ2v) is 5.54. The summed E-state index contributed by atoms with van der Waals surface area (Å²) in [6, 6.07) is -0.314. The topological polar surface area (TPSA) is 67.4 Å². The van der Waals surface area contributed by atoms with Gasteiger partial charge in [0.15, 0.2) is 0 Å². The zero-order valence-corrected chi connectivity index (χ0v) is 12.6. The Morgan fingerprint density at radius 2 is 2.20 bits per heavy atom. The van der Waals surface area contributed by atoms with Gasteiger partial charge in [-0.15, -0.1) is 0 Å². The summed E-state index contributed by atoms with van der Waals surface area (Å²) in [5.74, 6) is -0.0204. The van der Waals surface area contributed by atoms with Crippen molar-refractivity contribution in [3.8, 4) is 0 Å². The summed E-state index contributed by atoms with van der Waals surface area (Å²) in [4.78, 5) is 16.7. The number of hydrogen-bond donors (Lipinski definition) is 1. The number of piperidine rings is 1. The molecule has 1 atom stereocenters. The highest BCUT2D eigenvalue weighted by atomic mass is 16.2. The molecule has 0 radical (unpaired) electrons. The Labute approximate surface area is 120 Å². The Balaban J connectivity index is 1.95. The van der Waals surface area contributed by atoms with E-state index in [-0.39, 0.29) is 5.91 Å². The number of carbonyl (C=O) groups excluding carboxylic acids is 1. The molecule has 1 aliphatic rings. The second kappa shape index (κ2) is 6.37. The van der Waals surface area contributed by atoms with Gasteiger partial charge in [-0.05, 0) is 19.4 Å². The minimum Gasteiger partial charge on any atom is -0.341 e. The van der Waals surface area contributed by atoms with Gasteiger partial charge in [0.1, 0.15) is 6.04 Å². The third kappa shape index (κ3) is 3.19. The predicted molar refractivity (Wildman–Crippen MR) is 78.0 cm³/mol. The van der Waals surface area contributed by atoms with Gasteiger partial charge in [-0.3, -0.25) is 9.48 Å². The zero-order valence-electron chi connectivity index (χ0n) is 12.6. The fraction of sp³-hybridized carbons (Fsp3) is 0.714. The molecule has 0 bridgehead atoms. The molecule has 1 aromatic heterocycles. The molecule has 6 heteroatoms. The molecule has 2 N–H and O–H groups in total. The van der Waals surface area contributed by atoms with Crippen LogP contribution >= 0.6 is 0 Å². The Bertz CT molecular complexity index is 450. The van der Waals surface area contributed by atoms with Crippen molar-refractivity contribution in [2.45, 2.75) is 31.8 Å². The van der Waals surface area contributed by atoms with E-state index in [2.05, 4.69) is 16.9 Å². The lowest BCUT2D eigenvalue weighted by Crippen LogP contribution is -2.47. The van der Waals surface area contributed by atoms with E-state index in [0.29, 0.717) is 6.04 Å². The minimum atomic E-state index is -0.613. The van der Waals surface area contributed by atoms with E-state index in [0.717, 1.165) is 38.0 Å². The number of nitrogens with two attached hydrogens (primary N) is 1. The lowest BCUT2D eigenvalue weighted by atomic mass is 10.0. The number of aryl methyl sites for hydroxylation is 1. The summed E-state index contributed by atoms with van der Waals surface area (Å²) < 4.78 is 1.67. The molecular weight excluding hydrogens is 254 g/mol. The molecule has 1 unspecified atom stereocenters. The highest BCUT2D eigenvalue weighted by molar-refractivity contribution is 5.83. The maximum absolute atomic E-state index is 12.5. The number of likely N-dealkylation sites (tertiary alicyclic amines) is 1. The van der Waals surface area contributed by atoms with Crippen LogP contribution in [0.1, 0.15) is 31.4 Å². The lowest BCUT2D eigenvalue weighted by molar-refractivity contribution is -0.134. The maximum Gasteiger partial charge on any atom is 0.244 e. The van der Waals surface area contributed by atoms with Crippen LogP contribution in [0.5, 0.6) is 0 Å². The highest BCUT2D eigenvalue weighted by Gasteiger charge is 2.28. The summed E-state index contributed by atoms with van der Waals surface area (Å²) in [5.41, 5.74) is 6.83. The van der Waals surface area contributed by atoms with Crippen LogP contribution in [0.25, 0.3) is 0 Å². The molecule has 112 valence electrons. The van der Waals surface area contributed by atoms with E-state index < -0.39 is 6.04 Å². The van der Waals surface area contributed by atoms with Crippen molar-refractivity contribution in [2.24, 2.45) is 12.8 Å². The highest BCUT2D eigenvalue weighted by Crippen LogP contribution is 2.19. The lowest BCUT2D eigenvalue weighted by Gasteiger charge is -2.37. The van der Waals surface area contributed by atoms with E-state index in [1.165, 1.54) is 0 Å². The summed E-state index contributed by atoms with van der Waals surface area (Å²) in [6.45, 7) is 5.37. The van der Waals surface area contributed by atoms with Crippen LogP contribution in [0.15, 0.2) is 12.4 Å². The first-order valence-corrected chi connectivity index (χ1v) is 7.26. The summed E-state index contributed by atoms with van der Waals surface area (Å²) >= 11 is 0. The largest absolute Gasteiger partial charge is 0.341 e. The van der Waals surface area contributed by atoms with Crippen molar-refractivity contribution < 1.29 is 4.79 Å². The first kappa shape index (κ1) is 15.0. The molecule has 1 amide bonds. The Morgan fingerprint density at radius 3 is 2.70 bits per heavy atom. The van der Waals surface area contributed by atoms with E-state index in [4.69, 9.17) is 5.73 Å². The predicted octanol–water partition coefficient (Wildman–Crippen LogP) is 0.363. The van der Waals surface area contributed by atoms with Gasteiger partial charge in [-0.25, -0.2) is 0 Å². The standard InChI is InChI=1S/C14H25N5O/c1-4-19-7-5-12(6-8-19)18(3)14(20)13(15)11-9-16-17(2)10-11/h9-10,12-13H,4-8,15H2,1-3H3. The average Bonchev–Trinajstić information content (AvgIpc) is 2.91. The average molecular weight is 279 g/mol. The number of amides is 1. The summed E-state index contributed by atoms with van der Waals surface area (Å²) in [6.07, 6.45) is 5.51. The molecule has 2 rings (SSSR count). The molecule has 0 aliphatic carbocycles. The van der Waals surface area contributed by atoms with Crippen molar-refractivity contribution in [2.75, 3.05) is 26.7 Å². The molecule has 1 aromatic rings. The number of nitrogens with zero attached hydrogens (tertiary/aromatic N) is 4. The molecule has 1 saturated heterocycles. The first-order chi connectivity index (χ1) is 9.52. The molecule has 1 fully saturated rings. The summed E-state index contributed by atoms with van der Waals surface area (Å²) in [5, 5.41) is 4.07. The third-order valence-corrected chi connectivity index (χ3v) is 4.25. The molecule has 6 nitrogen and oxygen atoms in total. The van der Waals surface area contributed by atoms with Crippen LogP contribution in [0, 0.1) is 0 Å². The molecule has 2 heterocycles. The summed E-state index contributed by atoms with van der Waals surface area (Å²) in [7, 11) is 3.69. The van der Waals surface area contributed by atoms with Crippen molar-refractivity contribution in [1.29, 1.82) is 0 Å². The maximum atomic E-state index is 12.5. The molecule has 1 aliphatic heterocycles. The van der Waals surface area contributed by atoms with Crippen molar-refractivity contribution in [3.05, 3.63) is 18.0 Å². The Morgan fingerprint density at radius 1 is 1.55 bits per heavy atom. The van der Waals surface area contributed by atoms with Crippen LogP contribution in [0.2, 0.25) is 0 Å². The van der Waals surface area contributed by atoms with Gasteiger partial charge in [0.05, 0.1) is 6.20 Å². The number of hydrogen-bond acceptors (Lipinski definition) is 4. The zero-order chi connectivity index (χ0) is 14.7. The third-order valence-electron chi connectivity index (χ3n) is 4.25. The van der Waals surface area contributed by atoms with Gasteiger partial charge < -0.3 is 15.5 Å². The van der Waals surface area contributed by atoms with Crippen molar-refractivity contribution in [3.63, 3.8) is 0 Å². The normalized spacial score (nSPS) is 19.0. The SMILES string of the molecule is CCN1CCC(N(C)C(=O)C(N)c2cnn(C)c2)CC1. The van der Waals surface area contributed by atoms with Gasteiger partial charge in [0.25, 0.3) is 0 Å². The molecule has 0 spiro atoms. The van der Waals surface area contributed by atoms with Crippen molar-refractivity contribution >= 4 is 5.91 Å². The fourth-order valence-electron chi connectivity index (χ4n) is 2.77. The van der Waals surface area contributed by atoms with E-state index in [1.807, 2.05) is 19.0 Å². The van der Waals surface area contributed by atoms with E-state index in [9.17, 15) is 4.79 Å². The monoisotopic (exact) mass is 279 g/mol. The minimum absolute atomic E-state index is 0.0204. The van der Waals surface area contributed by atoms with Gasteiger partial charge in [-0.1, -0.05) is 6.92 Å². The van der Waals surface area contributed by atoms with Gasteiger partial charge in [0, 0.05) is 45.0 Å². The number of likely N-dealkylation sites (N-methyl/N-ethyl adjacent to an activating group) is 1. The smallest absolute Gasteiger partial charge is 0.244 e. The fourth-order valence-corrected chi connectivity index (χ4v) is 2.77. The Kier molecular flexibility index (Phi) is 4.77. The van der Waals surface area contributed by atoms with Gasteiger partial charge in [-0.2, -0.15) is 5.10 Å². The molecule has 0 saturated carbocycles. The van der Waals surface area contributed by atoms with Crippen LogP contribution in [0.3, 0.4) is 0 Å². The number of carbonyl (C=O) groups is 1. The van der Waals surface area contributed by atoms with E-state index >= 15 is 0 Å². The van der Waals surface area contributed by atoms with Gasteiger partial charge >= 0.3 is 0 Å². The quantitative estimate of drug-likeness (QED) is 0.864.